The number of rotatable bonds is 3. The first-order valence-electron chi connectivity index (χ1n) is 5.20. The van der Waals surface area contributed by atoms with Crippen molar-refractivity contribution in [1.29, 1.82) is 0 Å². The van der Waals surface area contributed by atoms with Crippen LogP contribution in [0.5, 0.6) is 0 Å². The number of aromatic nitrogens is 2. The summed E-state index contributed by atoms with van der Waals surface area (Å²) in [6.07, 6.45) is 3.54. The zero-order chi connectivity index (χ0) is 12.4. The average molecular weight is 234 g/mol. The van der Waals surface area contributed by atoms with Gasteiger partial charge in [0.25, 0.3) is 0 Å². The summed E-state index contributed by atoms with van der Waals surface area (Å²) >= 11 is 0. The van der Waals surface area contributed by atoms with Gasteiger partial charge in [-0.1, -0.05) is 6.07 Å². The third kappa shape index (κ3) is 2.72. The fraction of sp³-hybridized carbons (Fsp3) is 0.182. The van der Waals surface area contributed by atoms with E-state index in [2.05, 4.69) is 5.10 Å². The summed E-state index contributed by atoms with van der Waals surface area (Å²) in [5, 5.41) is 22.4. The van der Waals surface area contributed by atoms with Crippen molar-refractivity contribution in [3.63, 3.8) is 0 Å². The van der Waals surface area contributed by atoms with Crippen LogP contribution in [0.1, 0.15) is 11.1 Å². The van der Waals surface area contributed by atoms with Crippen LogP contribution in [0.15, 0.2) is 30.6 Å². The molecule has 0 aliphatic rings. The van der Waals surface area contributed by atoms with Gasteiger partial charge in [-0.05, 0) is 35.6 Å². The Bertz CT molecular complexity index is 528. The molecule has 2 N–H and O–H groups in total. The van der Waals surface area contributed by atoms with E-state index in [1.807, 2.05) is 13.1 Å². The Kier molecular flexibility index (Phi) is 3.26. The molecule has 2 aromatic rings. The molecule has 0 spiro atoms. The number of nitrogens with zero attached hydrogens (tertiary/aromatic N) is 2. The lowest BCUT2D eigenvalue weighted by atomic mass is 9.77. The fourth-order valence-corrected chi connectivity index (χ4v) is 1.68. The van der Waals surface area contributed by atoms with Gasteiger partial charge in [-0.15, -0.1) is 0 Å². The molecule has 0 aliphatic carbocycles. The number of hydrogen-bond acceptors (Lipinski definition) is 3. The highest BCUT2D eigenvalue weighted by atomic mass is 19.1. The topological polar surface area (TPSA) is 58.3 Å². The molecule has 0 bridgehead atoms. The van der Waals surface area contributed by atoms with Crippen molar-refractivity contribution >= 4 is 12.6 Å². The minimum Gasteiger partial charge on any atom is -0.423 e. The van der Waals surface area contributed by atoms with Crippen LogP contribution >= 0.6 is 0 Å². The first kappa shape index (κ1) is 11.8. The predicted octanol–water partition coefficient (Wildman–Crippen LogP) is 0.0587. The molecule has 2 rings (SSSR count). The first-order valence-corrected chi connectivity index (χ1v) is 5.20. The van der Waals surface area contributed by atoms with Crippen LogP contribution in [-0.2, 0) is 6.54 Å². The Hall–Kier alpha value is -1.66. The van der Waals surface area contributed by atoms with Crippen LogP contribution in [0.2, 0.25) is 0 Å². The molecule has 4 nitrogen and oxygen atoms in total. The van der Waals surface area contributed by atoms with Crippen molar-refractivity contribution in [3.8, 4) is 0 Å². The minimum absolute atomic E-state index is 0.165. The van der Waals surface area contributed by atoms with Gasteiger partial charge in [0, 0.05) is 6.20 Å². The molecule has 0 atom stereocenters. The molecule has 0 saturated heterocycles. The largest absolute Gasteiger partial charge is 0.488 e. The van der Waals surface area contributed by atoms with Crippen LogP contribution < -0.4 is 5.46 Å². The maximum atomic E-state index is 13.0. The lowest BCUT2D eigenvalue weighted by molar-refractivity contribution is 0.424. The third-order valence-electron chi connectivity index (χ3n) is 2.48. The highest BCUT2D eigenvalue weighted by Crippen LogP contribution is 2.04. The van der Waals surface area contributed by atoms with E-state index in [0.717, 1.165) is 11.6 Å². The second-order valence-corrected chi connectivity index (χ2v) is 3.93. The summed E-state index contributed by atoms with van der Waals surface area (Å²) in [7, 11) is -1.68. The van der Waals surface area contributed by atoms with Crippen molar-refractivity contribution in [1.82, 2.24) is 9.78 Å². The van der Waals surface area contributed by atoms with Crippen LogP contribution in [0.25, 0.3) is 0 Å². The molecule has 0 radical (unpaired) electrons. The van der Waals surface area contributed by atoms with Crippen molar-refractivity contribution in [2.75, 3.05) is 0 Å². The number of aryl methyl sites for hydroxylation is 1. The Morgan fingerprint density at radius 3 is 2.76 bits per heavy atom. The zero-order valence-corrected chi connectivity index (χ0v) is 9.34. The Morgan fingerprint density at radius 1 is 1.41 bits per heavy atom. The molecule has 0 unspecified atom stereocenters. The number of hydrogen-bond donors (Lipinski definition) is 2. The van der Waals surface area contributed by atoms with E-state index in [-0.39, 0.29) is 5.46 Å². The fourth-order valence-electron chi connectivity index (χ4n) is 1.68. The van der Waals surface area contributed by atoms with Crippen molar-refractivity contribution < 1.29 is 14.4 Å². The zero-order valence-electron chi connectivity index (χ0n) is 9.34. The molecule has 0 saturated carbocycles. The molecular weight excluding hydrogens is 222 g/mol. The number of halogens is 1. The summed E-state index contributed by atoms with van der Waals surface area (Å²) in [6, 6.07) is 3.94. The van der Waals surface area contributed by atoms with Crippen molar-refractivity contribution in [2.45, 2.75) is 13.5 Å². The molecule has 17 heavy (non-hydrogen) atoms. The molecule has 88 valence electrons. The molecule has 0 amide bonds. The quantitative estimate of drug-likeness (QED) is 0.738. The maximum absolute atomic E-state index is 13.0. The lowest BCUT2D eigenvalue weighted by Crippen LogP contribution is -2.34. The van der Waals surface area contributed by atoms with Gasteiger partial charge in [0.05, 0.1) is 12.7 Å². The van der Waals surface area contributed by atoms with E-state index in [4.69, 9.17) is 0 Å². The predicted molar refractivity (Wildman–Crippen MR) is 62.3 cm³/mol. The second kappa shape index (κ2) is 4.69. The smallest absolute Gasteiger partial charge is 0.423 e. The normalized spacial score (nSPS) is 10.6. The summed E-state index contributed by atoms with van der Waals surface area (Å²) in [5.41, 5.74) is 1.81. The van der Waals surface area contributed by atoms with E-state index in [9.17, 15) is 14.4 Å². The Labute approximate surface area is 98.5 Å². The van der Waals surface area contributed by atoms with Gasteiger partial charge >= 0.3 is 7.12 Å². The molecule has 6 heteroatoms. The van der Waals surface area contributed by atoms with E-state index in [1.54, 1.807) is 10.9 Å². The summed E-state index contributed by atoms with van der Waals surface area (Å²) in [4.78, 5) is 0. The van der Waals surface area contributed by atoms with E-state index < -0.39 is 12.9 Å². The van der Waals surface area contributed by atoms with Gasteiger partial charge in [0.2, 0.25) is 0 Å². The van der Waals surface area contributed by atoms with Crippen LogP contribution in [0, 0.1) is 12.7 Å². The SMILES string of the molecule is Cc1cnn(Cc2ccc(F)cc2B(O)O)c1. The second-order valence-electron chi connectivity index (χ2n) is 3.93. The van der Waals surface area contributed by atoms with E-state index in [0.29, 0.717) is 12.1 Å². The number of benzene rings is 1. The monoisotopic (exact) mass is 234 g/mol. The van der Waals surface area contributed by atoms with Gasteiger partial charge < -0.3 is 10.0 Å². The standard InChI is InChI=1S/C11H12BFN2O2/c1-8-5-14-15(6-8)7-9-2-3-10(13)4-11(9)12(16)17/h2-6,16-17H,7H2,1H3. The van der Waals surface area contributed by atoms with Crippen LogP contribution in [-0.4, -0.2) is 26.9 Å². The van der Waals surface area contributed by atoms with Crippen LogP contribution in [0.3, 0.4) is 0 Å². The van der Waals surface area contributed by atoms with E-state index >= 15 is 0 Å². The molecule has 0 fully saturated rings. The Balaban J connectivity index is 2.32. The Morgan fingerprint density at radius 2 is 2.18 bits per heavy atom. The molecular formula is C11H12BFN2O2. The summed E-state index contributed by atoms with van der Waals surface area (Å²) in [5.74, 6) is -0.492. The lowest BCUT2D eigenvalue weighted by Gasteiger charge is -2.09. The van der Waals surface area contributed by atoms with Gasteiger partial charge in [-0.3, -0.25) is 4.68 Å². The van der Waals surface area contributed by atoms with E-state index in [1.165, 1.54) is 12.1 Å². The molecule has 1 heterocycles. The minimum atomic E-state index is -1.68. The first-order chi connectivity index (χ1) is 8.06. The average Bonchev–Trinajstić information content (AvgIpc) is 2.66. The van der Waals surface area contributed by atoms with Crippen molar-refractivity contribution in [3.05, 3.63) is 47.5 Å². The summed E-state index contributed by atoms with van der Waals surface area (Å²) in [6.45, 7) is 2.29. The van der Waals surface area contributed by atoms with Crippen LogP contribution in [0.4, 0.5) is 4.39 Å². The third-order valence-corrected chi connectivity index (χ3v) is 2.48. The van der Waals surface area contributed by atoms with Crippen molar-refractivity contribution in [2.24, 2.45) is 0 Å². The molecule has 0 aliphatic heterocycles. The van der Waals surface area contributed by atoms with Gasteiger partial charge in [0.1, 0.15) is 5.82 Å². The maximum Gasteiger partial charge on any atom is 0.488 e. The van der Waals surface area contributed by atoms with Gasteiger partial charge in [-0.25, -0.2) is 4.39 Å². The van der Waals surface area contributed by atoms with Gasteiger partial charge in [0.15, 0.2) is 0 Å². The highest BCUT2D eigenvalue weighted by molar-refractivity contribution is 6.59. The highest BCUT2D eigenvalue weighted by Gasteiger charge is 2.17. The molecule has 1 aromatic heterocycles. The van der Waals surface area contributed by atoms with Gasteiger partial charge in [-0.2, -0.15) is 5.10 Å². The summed E-state index contributed by atoms with van der Waals surface area (Å²) < 4.78 is 14.7. The molecule has 1 aromatic carbocycles.